The monoisotopic (exact) mass is 205 g/mol. The van der Waals surface area contributed by atoms with E-state index >= 15 is 0 Å². The molecule has 0 radical (unpaired) electrons. The molecule has 2 N–H and O–H groups in total. The summed E-state index contributed by atoms with van der Waals surface area (Å²) in [6, 6.07) is 8.55. The Kier molecular flexibility index (Phi) is 3.08. The maximum Gasteiger partial charge on any atom is 0.0613 e. The van der Waals surface area contributed by atoms with Crippen LogP contribution in [0.15, 0.2) is 24.3 Å². The van der Waals surface area contributed by atoms with Gasteiger partial charge in [0.1, 0.15) is 0 Å². The third kappa shape index (κ3) is 2.39. The summed E-state index contributed by atoms with van der Waals surface area (Å²) >= 11 is 0. The van der Waals surface area contributed by atoms with Crippen LogP contribution in [-0.2, 0) is 6.54 Å². The minimum absolute atomic E-state index is 0.0187. The van der Waals surface area contributed by atoms with Gasteiger partial charge in [-0.2, -0.15) is 0 Å². The van der Waals surface area contributed by atoms with Gasteiger partial charge < -0.3 is 10.4 Å². The van der Waals surface area contributed by atoms with Crippen LogP contribution >= 0.6 is 0 Å². The molecule has 2 nitrogen and oxygen atoms in total. The lowest BCUT2D eigenvalue weighted by molar-refractivity contribution is 0.0872. The van der Waals surface area contributed by atoms with Crippen molar-refractivity contribution in [1.82, 2.24) is 5.32 Å². The molecule has 1 aliphatic rings. The van der Waals surface area contributed by atoms with Crippen molar-refractivity contribution in [3.8, 4) is 0 Å². The molecule has 0 saturated heterocycles. The summed E-state index contributed by atoms with van der Waals surface area (Å²) < 4.78 is 0. The average molecular weight is 205 g/mol. The first-order valence-corrected chi connectivity index (χ1v) is 5.66. The van der Waals surface area contributed by atoms with Crippen molar-refractivity contribution in [3.63, 3.8) is 0 Å². The van der Waals surface area contributed by atoms with Crippen LogP contribution in [0.3, 0.4) is 0 Å². The molecule has 0 aromatic heterocycles. The Balaban J connectivity index is 1.90. The number of rotatable bonds is 4. The maximum absolute atomic E-state index is 9.30. The molecule has 0 amide bonds. The topological polar surface area (TPSA) is 32.3 Å². The number of benzene rings is 1. The number of hydrogen-bond donors (Lipinski definition) is 2. The molecule has 0 unspecified atom stereocenters. The first-order chi connectivity index (χ1) is 7.24. The van der Waals surface area contributed by atoms with Gasteiger partial charge in [0.2, 0.25) is 0 Å². The van der Waals surface area contributed by atoms with Crippen molar-refractivity contribution in [2.75, 3.05) is 6.61 Å². The van der Waals surface area contributed by atoms with Gasteiger partial charge in [0.05, 0.1) is 6.61 Å². The lowest BCUT2D eigenvalue weighted by atomic mass is 9.77. The molecule has 1 fully saturated rings. The molecule has 2 heteroatoms. The molecule has 0 bridgehead atoms. The molecule has 15 heavy (non-hydrogen) atoms. The Hall–Kier alpha value is -0.860. The number of aliphatic hydroxyl groups excluding tert-OH is 1. The highest BCUT2D eigenvalue weighted by Gasteiger charge is 2.35. The van der Waals surface area contributed by atoms with Crippen LogP contribution in [0.1, 0.15) is 30.4 Å². The van der Waals surface area contributed by atoms with Gasteiger partial charge >= 0.3 is 0 Å². The largest absolute Gasteiger partial charge is 0.394 e. The van der Waals surface area contributed by atoms with E-state index in [1.165, 1.54) is 17.5 Å². The van der Waals surface area contributed by atoms with Crippen molar-refractivity contribution in [3.05, 3.63) is 35.4 Å². The van der Waals surface area contributed by atoms with Gasteiger partial charge in [-0.05, 0) is 31.7 Å². The van der Waals surface area contributed by atoms with Crippen molar-refractivity contribution in [2.45, 2.75) is 38.3 Å². The van der Waals surface area contributed by atoms with Gasteiger partial charge in [0, 0.05) is 12.1 Å². The van der Waals surface area contributed by atoms with E-state index in [0.29, 0.717) is 0 Å². The molecule has 82 valence electrons. The van der Waals surface area contributed by atoms with E-state index in [-0.39, 0.29) is 12.1 Å². The molecule has 1 aromatic carbocycles. The van der Waals surface area contributed by atoms with Gasteiger partial charge in [0.25, 0.3) is 0 Å². The highest BCUT2D eigenvalue weighted by atomic mass is 16.3. The molecule has 0 spiro atoms. The Bertz CT molecular complexity index is 308. The summed E-state index contributed by atoms with van der Waals surface area (Å²) in [6.45, 7) is 3.22. The smallest absolute Gasteiger partial charge is 0.0613 e. The first kappa shape index (κ1) is 10.7. The van der Waals surface area contributed by atoms with E-state index in [1.807, 2.05) is 0 Å². The molecule has 2 rings (SSSR count). The Morgan fingerprint density at radius 1 is 1.27 bits per heavy atom. The molecule has 1 saturated carbocycles. The zero-order valence-electron chi connectivity index (χ0n) is 9.29. The highest BCUT2D eigenvalue weighted by molar-refractivity contribution is 5.21. The third-order valence-electron chi connectivity index (χ3n) is 3.40. The molecule has 0 heterocycles. The normalized spacial score (nSPS) is 18.5. The van der Waals surface area contributed by atoms with Crippen LogP contribution in [0, 0.1) is 6.92 Å². The predicted molar refractivity (Wildman–Crippen MR) is 61.7 cm³/mol. The van der Waals surface area contributed by atoms with Gasteiger partial charge in [-0.25, -0.2) is 0 Å². The zero-order valence-corrected chi connectivity index (χ0v) is 9.29. The first-order valence-electron chi connectivity index (χ1n) is 5.66. The predicted octanol–water partition coefficient (Wildman–Crippen LogP) is 2.00. The van der Waals surface area contributed by atoms with E-state index in [2.05, 4.69) is 36.5 Å². The van der Waals surface area contributed by atoms with E-state index in [9.17, 15) is 5.11 Å². The summed E-state index contributed by atoms with van der Waals surface area (Å²) in [7, 11) is 0. The quantitative estimate of drug-likeness (QED) is 0.788. The van der Waals surface area contributed by atoms with E-state index in [4.69, 9.17) is 0 Å². The zero-order chi connectivity index (χ0) is 10.7. The Morgan fingerprint density at radius 2 is 1.93 bits per heavy atom. The minimum atomic E-state index is 0.0187. The average Bonchev–Trinajstić information content (AvgIpc) is 2.20. The molecule has 0 atom stereocenters. The number of aliphatic hydroxyl groups is 1. The second-order valence-electron chi connectivity index (χ2n) is 4.63. The van der Waals surface area contributed by atoms with E-state index < -0.39 is 0 Å². The van der Waals surface area contributed by atoms with Crippen molar-refractivity contribution in [2.24, 2.45) is 0 Å². The number of hydrogen-bond acceptors (Lipinski definition) is 2. The van der Waals surface area contributed by atoms with Crippen LogP contribution in [-0.4, -0.2) is 17.3 Å². The fourth-order valence-electron chi connectivity index (χ4n) is 1.99. The summed E-state index contributed by atoms with van der Waals surface area (Å²) in [5, 5.41) is 12.8. The highest BCUT2D eigenvalue weighted by Crippen LogP contribution is 2.31. The summed E-state index contributed by atoms with van der Waals surface area (Å²) in [5.74, 6) is 0. The fraction of sp³-hybridized carbons (Fsp3) is 0.538. The van der Waals surface area contributed by atoms with Gasteiger partial charge in [0.15, 0.2) is 0 Å². The van der Waals surface area contributed by atoms with Gasteiger partial charge in [-0.1, -0.05) is 29.8 Å². The van der Waals surface area contributed by atoms with Crippen LogP contribution in [0.2, 0.25) is 0 Å². The molecule has 0 aliphatic heterocycles. The van der Waals surface area contributed by atoms with Gasteiger partial charge in [-0.3, -0.25) is 0 Å². The second-order valence-corrected chi connectivity index (χ2v) is 4.63. The minimum Gasteiger partial charge on any atom is -0.394 e. The summed E-state index contributed by atoms with van der Waals surface area (Å²) in [4.78, 5) is 0. The molecular formula is C13H19NO. The molecule has 1 aromatic rings. The van der Waals surface area contributed by atoms with E-state index in [1.54, 1.807) is 0 Å². The SMILES string of the molecule is Cc1ccc(CNC2(CO)CCC2)cc1. The third-order valence-corrected chi connectivity index (χ3v) is 3.40. The standard InChI is InChI=1S/C13H19NO/c1-11-3-5-12(6-4-11)9-14-13(10-15)7-2-8-13/h3-6,14-15H,2,7-10H2,1H3. The second kappa shape index (κ2) is 4.33. The van der Waals surface area contributed by atoms with Crippen LogP contribution in [0.4, 0.5) is 0 Å². The molecule has 1 aliphatic carbocycles. The Labute approximate surface area is 91.3 Å². The van der Waals surface area contributed by atoms with Crippen molar-refractivity contribution in [1.29, 1.82) is 0 Å². The maximum atomic E-state index is 9.30. The lowest BCUT2D eigenvalue weighted by Gasteiger charge is -2.41. The summed E-state index contributed by atoms with van der Waals surface area (Å²) in [6.07, 6.45) is 3.45. The van der Waals surface area contributed by atoms with Gasteiger partial charge in [-0.15, -0.1) is 0 Å². The van der Waals surface area contributed by atoms with Crippen LogP contribution in [0.25, 0.3) is 0 Å². The molecular weight excluding hydrogens is 186 g/mol. The van der Waals surface area contributed by atoms with Crippen molar-refractivity contribution < 1.29 is 5.11 Å². The fourth-order valence-corrected chi connectivity index (χ4v) is 1.99. The lowest BCUT2D eigenvalue weighted by Crippen LogP contribution is -2.53. The van der Waals surface area contributed by atoms with Crippen molar-refractivity contribution >= 4 is 0 Å². The van der Waals surface area contributed by atoms with E-state index in [0.717, 1.165) is 19.4 Å². The van der Waals surface area contributed by atoms with Crippen LogP contribution < -0.4 is 5.32 Å². The van der Waals surface area contributed by atoms with Crippen LogP contribution in [0.5, 0.6) is 0 Å². The number of nitrogens with one attached hydrogen (secondary N) is 1. The summed E-state index contributed by atoms with van der Waals surface area (Å²) in [5.41, 5.74) is 2.60. The Morgan fingerprint density at radius 3 is 2.40 bits per heavy atom. The number of aryl methyl sites for hydroxylation is 1.